The Morgan fingerprint density at radius 2 is 2.05 bits per heavy atom. The second-order valence-corrected chi connectivity index (χ2v) is 6.97. The predicted octanol–water partition coefficient (Wildman–Crippen LogP) is 1.58. The van der Waals surface area contributed by atoms with Gasteiger partial charge in [0, 0.05) is 30.3 Å². The summed E-state index contributed by atoms with van der Waals surface area (Å²) in [6.07, 6.45) is 0. The molecule has 2 rings (SSSR count). The molecule has 22 heavy (non-hydrogen) atoms. The normalized spacial score (nSPS) is 17.2. The van der Waals surface area contributed by atoms with Gasteiger partial charge in [0.05, 0.1) is 16.5 Å². The largest absolute Gasteiger partial charge is 0.351 e. The second-order valence-electron chi connectivity index (χ2n) is 4.51. The van der Waals surface area contributed by atoms with Crippen molar-refractivity contribution in [3.8, 4) is 0 Å². The van der Waals surface area contributed by atoms with Crippen molar-refractivity contribution >= 4 is 53.4 Å². The first-order chi connectivity index (χ1) is 10.2. The molecule has 1 aromatic carbocycles. The van der Waals surface area contributed by atoms with E-state index >= 15 is 0 Å². The molecular formula is C14H20ClN3O2S2. The highest BCUT2D eigenvalue weighted by atomic mass is 35.5. The minimum atomic E-state index is -0.220. The van der Waals surface area contributed by atoms with Gasteiger partial charge in [0.15, 0.2) is 0 Å². The van der Waals surface area contributed by atoms with Crippen LogP contribution in [0.5, 0.6) is 0 Å². The molecule has 1 unspecified atom stereocenters. The van der Waals surface area contributed by atoms with E-state index in [-0.39, 0.29) is 29.5 Å². The molecule has 1 aliphatic heterocycles. The predicted molar refractivity (Wildman–Crippen MR) is 97.3 cm³/mol. The lowest BCUT2D eigenvalue weighted by atomic mass is 10.1. The molecule has 5 nitrogen and oxygen atoms in total. The van der Waals surface area contributed by atoms with Crippen LogP contribution in [0.1, 0.15) is 10.4 Å². The minimum absolute atomic E-state index is 0. The zero-order valence-electron chi connectivity index (χ0n) is 12.0. The fraction of sp³-hybridized carbons (Fsp3) is 0.429. The first-order valence-electron chi connectivity index (χ1n) is 6.80. The van der Waals surface area contributed by atoms with Crippen molar-refractivity contribution < 1.29 is 9.59 Å². The molecule has 8 heteroatoms. The lowest BCUT2D eigenvalue weighted by molar-refractivity contribution is -0.115. The van der Waals surface area contributed by atoms with Crippen LogP contribution in [0, 0.1) is 0 Å². The molecule has 1 atom stereocenters. The van der Waals surface area contributed by atoms with Gasteiger partial charge in [0.1, 0.15) is 0 Å². The second kappa shape index (κ2) is 9.99. The van der Waals surface area contributed by atoms with Crippen molar-refractivity contribution in [3.63, 3.8) is 0 Å². The van der Waals surface area contributed by atoms with E-state index in [1.54, 1.807) is 47.8 Å². The Balaban J connectivity index is 0.00000242. The zero-order valence-corrected chi connectivity index (χ0v) is 14.5. The highest BCUT2D eigenvalue weighted by Gasteiger charge is 2.23. The maximum Gasteiger partial charge on any atom is 0.253 e. The van der Waals surface area contributed by atoms with Crippen molar-refractivity contribution in [2.75, 3.05) is 35.7 Å². The van der Waals surface area contributed by atoms with Crippen LogP contribution in [0.25, 0.3) is 0 Å². The van der Waals surface area contributed by atoms with Crippen LogP contribution < -0.4 is 16.4 Å². The van der Waals surface area contributed by atoms with Gasteiger partial charge in [-0.05, 0) is 12.1 Å². The first kappa shape index (κ1) is 19.2. The lowest BCUT2D eigenvalue weighted by Crippen LogP contribution is -2.32. The minimum Gasteiger partial charge on any atom is -0.351 e. The van der Waals surface area contributed by atoms with E-state index < -0.39 is 0 Å². The number of anilines is 1. The fourth-order valence-electron chi connectivity index (χ4n) is 1.92. The molecule has 1 heterocycles. The van der Waals surface area contributed by atoms with Crippen LogP contribution in [0.2, 0.25) is 0 Å². The van der Waals surface area contributed by atoms with E-state index in [4.69, 9.17) is 5.73 Å². The van der Waals surface area contributed by atoms with E-state index in [9.17, 15) is 9.59 Å². The molecule has 1 fully saturated rings. The summed E-state index contributed by atoms with van der Waals surface area (Å²) in [7, 11) is 0. The molecule has 1 aliphatic rings. The molecular weight excluding hydrogens is 342 g/mol. The van der Waals surface area contributed by atoms with E-state index in [1.165, 1.54) is 0 Å². The Kier molecular flexibility index (Phi) is 8.70. The third-order valence-electron chi connectivity index (χ3n) is 2.97. The van der Waals surface area contributed by atoms with Crippen LogP contribution >= 0.6 is 35.9 Å². The van der Waals surface area contributed by atoms with Crippen molar-refractivity contribution in [2.45, 2.75) is 5.25 Å². The van der Waals surface area contributed by atoms with Crippen LogP contribution in [0.4, 0.5) is 5.69 Å². The average molecular weight is 362 g/mol. The third-order valence-corrected chi connectivity index (χ3v) is 5.72. The average Bonchev–Trinajstić information content (AvgIpc) is 2.54. The maximum absolute atomic E-state index is 12.3. The van der Waals surface area contributed by atoms with Crippen LogP contribution in [-0.4, -0.2) is 47.4 Å². The Bertz CT molecular complexity index is 511. The van der Waals surface area contributed by atoms with E-state index in [0.29, 0.717) is 24.3 Å². The van der Waals surface area contributed by atoms with E-state index in [0.717, 1.165) is 17.3 Å². The Morgan fingerprint density at radius 1 is 1.27 bits per heavy atom. The smallest absolute Gasteiger partial charge is 0.253 e. The summed E-state index contributed by atoms with van der Waals surface area (Å²) < 4.78 is 0. The first-order valence-corrected chi connectivity index (χ1v) is 9.00. The van der Waals surface area contributed by atoms with Crippen LogP contribution in [0.15, 0.2) is 24.3 Å². The summed E-state index contributed by atoms with van der Waals surface area (Å²) in [5.74, 6) is 2.64. The van der Waals surface area contributed by atoms with Gasteiger partial charge in [0.25, 0.3) is 5.91 Å². The van der Waals surface area contributed by atoms with Crippen LogP contribution in [0.3, 0.4) is 0 Å². The highest BCUT2D eigenvalue weighted by molar-refractivity contribution is 8.07. The summed E-state index contributed by atoms with van der Waals surface area (Å²) in [5.41, 5.74) is 6.40. The van der Waals surface area contributed by atoms with Gasteiger partial charge in [-0.25, -0.2) is 0 Å². The Hall–Kier alpha value is -0.890. The molecule has 1 aromatic rings. The number of nitrogens with one attached hydrogen (secondary N) is 2. The molecule has 2 amide bonds. The summed E-state index contributed by atoms with van der Waals surface area (Å²) in [6, 6.07) is 7.02. The Labute approximate surface area is 145 Å². The SMILES string of the molecule is Cl.NCCNC(=O)c1ccccc1NC(=O)C1CSCCS1. The summed E-state index contributed by atoms with van der Waals surface area (Å²) in [5, 5.41) is 5.54. The molecule has 0 saturated carbocycles. The van der Waals surface area contributed by atoms with Gasteiger partial charge < -0.3 is 16.4 Å². The monoisotopic (exact) mass is 361 g/mol. The number of thioether (sulfide) groups is 2. The van der Waals surface area contributed by atoms with Gasteiger partial charge in [-0.2, -0.15) is 11.8 Å². The number of para-hydroxylation sites is 1. The molecule has 122 valence electrons. The van der Waals surface area contributed by atoms with Gasteiger partial charge in [-0.15, -0.1) is 24.2 Å². The zero-order chi connectivity index (χ0) is 15.1. The molecule has 0 aromatic heterocycles. The maximum atomic E-state index is 12.3. The topological polar surface area (TPSA) is 84.2 Å². The van der Waals surface area contributed by atoms with E-state index in [1.807, 2.05) is 0 Å². The molecule has 1 saturated heterocycles. The molecule has 0 bridgehead atoms. The number of carbonyl (C=O) groups excluding carboxylic acids is 2. The van der Waals surface area contributed by atoms with Crippen molar-refractivity contribution in [1.82, 2.24) is 5.32 Å². The number of benzene rings is 1. The molecule has 4 N–H and O–H groups in total. The highest BCUT2D eigenvalue weighted by Crippen LogP contribution is 2.25. The Morgan fingerprint density at radius 3 is 2.73 bits per heavy atom. The number of halogens is 1. The lowest BCUT2D eigenvalue weighted by Gasteiger charge is -2.20. The summed E-state index contributed by atoms with van der Waals surface area (Å²) in [4.78, 5) is 24.3. The number of rotatable bonds is 5. The number of amides is 2. The fourth-order valence-corrected chi connectivity index (χ4v) is 4.48. The molecule has 0 aliphatic carbocycles. The van der Waals surface area contributed by atoms with Crippen molar-refractivity contribution in [2.24, 2.45) is 5.73 Å². The number of carbonyl (C=O) groups is 2. The van der Waals surface area contributed by atoms with Gasteiger partial charge in [0.2, 0.25) is 5.91 Å². The number of hydrogen-bond acceptors (Lipinski definition) is 5. The van der Waals surface area contributed by atoms with Crippen LogP contribution in [-0.2, 0) is 4.79 Å². The van der Waals surface area contributed by atoms with Gasteiger partial charge in [-0.3, -0.25) is 9.59 Å². The van der Waals surface area contributed by atoms with Gasteiger partial charge in [-0.1, -0.05) is 12.1 Å². The molecule has 0 radical (unpaired) electrons. The van der Waals surface area contributed by atoms with Crippen molar-refractivity contribution in [1.29, 1.82) is 0 Å². The standard InChI is InChI=1S/C14H19N3O2S2.ClH/c15-5-6-16-13(18)10-3-1-2-4-11(10)17-14(19)12-9-20-7-8-21-12;/h1-4,12H,5-9,15H2,(H,16,18)(H,17,19);1H. The summed E-state index contributed by atoms with van der Waals surface area (Å²) >= 11 is 3.46. The quantitative estimate of drug-likeness (QED) is 0.741. The van der Waals surface area contributed by atoms with Crippen molar-refractivity contribution in [3.05, 3.63) is 29.8 Å². The summed E-state index contributed by atoms with van der Waals surface area (Å²) in [6.45, 7) is 0.798. The van der Waals surface area contributed by atoms with Gasteiger partial charge >= 0.3 is 0 Å². The molecule has 0 spiro atoms. The van der Waals surface area contributed by atoms with E-state index in [2.05, 4.69) is 10.6 Å². The number of nitrogens with two attached hydrogens (primary N) is 1. The third kappa shape index (κ3) is 5.39. The number of hydrogen-bond donors (Lipinski definition) is 3.